The number of hydrogen-bond donors (Lipinski definition) is 1. The van der Waals surface area contributed by atoms with E-state index in [1.54, 1.807) is 0 Å². The Morgan fingerprint density at radius 1 is 1.17 bits per heavy atom. The lowest BCUT2D eigenvalue weighted by Crippen LogP contribution is -2.35. The monoisotopic (exact) mass is 253 g/mol. The van der Waals surface area contributed by atoms with Crippen molar-refractivity contribution in [3.05, 3.63) is 0 Å². The first-order valence-corrected chi connectivity index (χ1v) is 7.66. The number of rotatable bonds is 5. The summed E-state index contributed by atoms with van der Waals surface area (Å²) in [4.78, 5) is 12.3. The lowest BCUT2D eigenvalue weighted by Gasteiger charge is -2.30. The van der Waals surface area contributed by atoms with Crippen LogP contribution in [0.5, 0.6) is 0 Å². The molecule has 0 aromatic carbocycles. The zero-order chi connectivity index (χ0) is 12.8. The Labute approximate surface area is 111 Å². The van der Waals surface area contributed by atoms with Crippen molar-refractivity contribution in [2.24, 2.45) is 11.8 Å². The maximum atomic E-state index is 12.3. The van der Waals surface area contributed by atoms with E-state index in [1.165, 1.54) is 19.3 Å². The van der Waals surface area contributed by atoms with Crippen molar-refractivity contribution < 1.29 is 9.53 Å². The molecule has 1 saturated heterocycles. The molecule has 0 bridgehead atoms. The molecule has 0 spiro atoms. The van der Waals surface area contributed by atoms with Crippen LogP contribution in [0.25, 0.3) is 0 Å². The second-order valence-electron chi connectivity index (χ2n) is 5.79. The summed E-state index contributed by atoms with van der Waals surface area (Å²) in [5.41, 5.74) is 0. The van der Waals surface area contributed by atoms with Crippen LogP contribution in [-0.4, -0.2) is 31.6 Å². The number of carbonyl (C=O) groups is 1. The van der Waals surface area contributed by atoms with E-state index < -0.39 is 0 Å². The SMILES string of the molecule is CCC1CCCCC1C(=O)COC1CCNCC1. The highest BCUT2D eigenvalue weighted by Gasteiger charge is 2.29. The molecule has 2 atom stereocenters. The minimum atomic E-state index is 0.283. The highest BCUT2D eigenvalue weighted by atomic mass is 16.5. The van der Waals surface area contributed by atoms with Crippen molar-refractivity contribution in [1.29, 1.82) is 0 Å². The first-order chi connectivity index (χ1) is 8.81. The summed E-state index contributed by atoms with van der Waals surface area (Å²) < 4.78 is 5.80. The molecule has 2 rings (SSSR count). The van der Waals surface area contributed by atoms with Gasteiger partial charge in [-0.3, -0.25) is 4.79 Å². The van der Waals surface area contributed by atoms with Crippen molar-refractivity contribution in [3.8, 4) is 0 Å². The normalized spacial score (nSPS) is 30.3. The van der Waals surface area contributed by atoms with Gasteiger partial charge in [-0.15, -0.1) is 0 Å². The molecule has 3 nitrogen and oxygen atoms in total. The van der Waals surface area contributed by atoms with Crippen LogP contribution in [0.15, 0.2) is 0 Å². The summed E-state index contributed by atoms with van der Waals surface area (Å²) >= 11 is 0. The molecule has 1 aliphatic heterocycles. The lowest BCUT2D eigenvalue weighted by atomic mass is 9.76. The second kappa shape index (κ2) is 7.25. The van der Waals surface area contributed by atoms with Gasteiger partial charge in [-0.2, -0.15) is 0 Å². The van der Waals surface area contributed by atoms with E-state index in [0.29, 0.717) is 24.4 Å². The van der Waals surface area contributed by atoms with Gasteiger partial charge in [0, 0.05) is 5.92 Å². The van der Waals surface area contributed by atoms with Crippen LogP contribution in [0.3, 0.4) is 0 Å². The molecule has 1 aliphatic carbocycles. The average molecular weight is 253 g/mol. The van der Waals surface area contributed by atoms with E-state index in [-0.39, 0.29) is 5.92 Å². The number of Topliss-reactive ketones (excluding diaryl/α,β-unsaturated/α-hetero) is 1. The van der Waals surface area contributed by atoms with Gasteiger partial charge in [-0.05, 0) is 44.7 Å². The van der Waals surface area contributed by atoms with Crippen LogP contribution < -0.4 is 5.32 Å². The average Bonchev–Trinajstić information content (AvgIpc) is 2.45. The van der Waals surface area contributed by atoms with Crippen LogP contribution in [-0.2, 0) is 9.53 Å². The Bertz CT molecular complexity index is 261. The third-order valence-corrected chi connectivity index (χ3v) is 4.59. The van der Waals surface area contributed by atoms with Crippen LogP contribution in [0.4, 0.5) is 0 Å². The first kappa shape index (κ1) is 14.0. The summed E-state index contributed by atoms with van der Waals surface area (Å²) in [6.45, 7) is 4.62. The Morgan fingerprint density at radius 3 is 2.61 bits per heavy atom. The zero-order valence-corrected chi connectivity index (χ0v) is 11.6. The summed E-state index contributed by atoms with van der Waals surface area (Å²) in [6, 6.07) is 0. The van der Waals surface area contributed by atoms with Crippen LogP contribution >= 0.6 is 0 Å². The molecule has 2 unspecified atom stereocenters. The molecule has 0 radical (unpaired) electrons. The summed E-state index contributed by atoms with van der Waals surface area (Å²) in [5.74, 6) is 1.26. The standard InChI is InChI=1S/C15H27NO2/c1-2-12-5-3-4-6-14(12)15(17)11-18-13-7-9-16-10-8-13/h12-14,16H,2-11H2,1H3. The number of carbonyl (C=O) groups excluding carboxylic acids is 1. The van der Waals surface area contributed by atoms with Crippen LogP contribution in [0, 0.1) is 11.8 Å². The van der Waals surface area contributed by atoms with Gasteiger partial charge in [0.25, 0.3) is 0 Å². The molecule has 1 N–H and O–H groups in total. The van der Waals surface area contributed by atoms with E-state index in [2.05, 4.69) is 12.2 Å². The van der Waals surface area contributed by atoms with Gasteiger partial charge in [0.1, 0.15) is 6.61 Å². The molecular formula is C15H27NO2. The quantitative estimate of drug-likeness (QED) is 0.818. The van der Waals surface area contributed by atoms with Gasteiger partial charge in [-0.25, -0.2) is 0 Å². The van der Waals surface area contributed by atoms with Crippen LogP contribution in [0.1, 0.15) is 51.9 Å². The summed E-state index contributed by atoms with van der Waals surface area (Å²) in [6.07, 6.45) is 8.40. The Hall–Kier alpha value is -0.410. The lowest BCUT2D eigenvalue weighted by molar-refractivity contribution is -0.132. The van der Waals surface area contributed by atoms with Crippen molar-refractivity contribution in [3.63, 3.8) is 0 Å². The number of nitrogens with one attached hydrogen (secondary N) is 1. The van der Waals surface area contributed by atoms with E-state index >= 15 is 0 Å². The van der Waals surface area contributed by atoms with Gasteiger partial charge >= 0.3 is 0 Å². The van der Waals surface area contributed by atoms with Crippen LogP contribution in [0.2, 0.25) is 0 Å². The van der Waals surface area contributed by atoms with E-state index in [0.717, 1.165) is 38.8 Å². The predicted molar refractivity (Wildman–Crippen MR) is 72.6 cm³/mol. The Morgan fingerprint density at radius 2 is 1.89 bits per heavy atom. The van der Waals surface area contributed by atoms with Gasteiger partial charge in [0.2, 0.25) is 0 Å². The molecular weight excluding hydrogens is 226 g/mol. The third-order valence-electron chi connectivity index (χ3n) is 4.59. The Kier molecular flexibility index (Phi) is 5.64. The first-order valence-electron chi connectivity index (χ1n) is 7.66. The number of piperidine rings is 1. The smallest absolute Gasteiger partial charge is 0.161 e. The molecule has 0 aromatic heterocycles. The largest absolute Gasteiger partial charge is 0.370 e. The minimum Gasteiger partial charge on any atom is -0.370 e. The van der Waals surface area contributed by atoms with E-state index in [9.17, 15) is 4.79 Å². The topological polar surface area (TPSA) is 38.3 Å². The van der Waals surface area contributed by atoms with E-state index in [4.69, 9.17) is 4.74 Å². The van der Waals surface area contributed by atoms with Crippen molar-refractivity contribution in [2.75, 3.05) is 19.7 Å². The number of ether oxygens (including phenoxy) is 1. The molecule has 18 heavy (non-hydrogen) atoms. The molecule has 0 amide bonds. The van der Waals surface area contributed by atoms with Gasteiger partial charge in [-0.1, -0.05) is 26.2 Å². The zero-order valence-electron chi connectivity index (χ0n) is 11.6. The molecule has 3 heteroatoms. The van der Waals surface area contributed by atoms with Crippen molar-refractivity contribution in [1.82, 2.24) is 5.32 Å². The maximum absolute atomic E-state index is 12.3. The molecule has 104 valence electrons. The number of ketones is 1. The number of hydrogen-bond acceptors (Lipinski definition) is 3. The second-order valence-corrected chi connectivity index (χ2v) is 5.79. The fraction of sp³-hybridized carbons (Fsp3) is 0.933. The highest BCUT2D eigenvalue weighted by Crippen LogP contribution is 2.32. The van der Waals surface area contributed by atoms with Gasteiger partial charge in [0.05, 0.1) is 6.10 Å². The fourth-order valence-corrected chi connectivity index (χ4v) is 3.39. The molecule has 2 aliphatic rings. The molecule has 1 heterocycles. The summed E-state index contributed by atoms with van der Waals surface area (Å²) in [7, 11) is 0. The summed E-state index contributed by atoms with van der Waals surface area (Å²) in [5, 5.41) is 3.32. The highest BCUT2D eigenvalue weighted by molar-refractivity contribution is 5.82. The predicted octanol–water partition coefficient (Wildman–Crippen LogP) is 2.54. The van der Waals surface area contributed by atoms with Crippen molar-refractivity contribution in [2.45, 2.75) is 58.0 Å². The van der Waals surface area contributed by atoms with Gasteiger partial charge in [0.15, 0.2) is 5.78 Å². The van der Waals surface area contributed by atoms with Gasteiger partial charge < -0.3 is 10.1 Å². The molecule has 0 aromatic rings. The molecule has 2 fully saturated rings. The van der Waals surface area contributed by atoms with E-state index in [1.807, 2.05) is 0 Å². The minimum absolute atomic E-state index is 0.283. The molecule has 1 saturated carbocycles. The Balaban J connectivity index is 1.75. The fourth-order valence-electron chi connectivity index (χ4n) is 3.39. The third kappa shape index (κ3) is 3.79. The maximum Gasteiger partial charge on any atom is 0.161 e. The van der Waals surface area contributed by atoms with Crippen molar-refractivity contribution >= 4 is 5.78 Å².